The molecule has 10 rings (SSSR count). The van der Waals surface area contributed by atoms with Gasteiger partial charge in [-0.15, -0.1) is 0 Å². The average molecular weight is 650 g/mol. The number of rotatable bonds is 5. The van der Waals surface area contributed by atoms with Crippen molar-refractivity contribution < 1.29 is 0 Å². The second kappa shape index (κ2) is 11.9. The average Bonchev–Trinajstić information content (AvgIpc) is 3.55. The van der Waals surface area contributed by atoms with Crippen molar-refractivity contribution in [3.8, 4) is 50.7 Å². The number of fused-ring (bicyclic) bond motifs is 6. The van der Waals surface area contributed by atoms with Gasteiger partial charge in [0, 0.05) is 33.2 Å². The summed E-state index contributed by atoms with van der Waals surface area (Å²) in [5.74, 6) is 0.715. The minimum Gasteiger partial charge on any atom is -0.309 e. The molecule has 0 fully saturated rings. The molecule has 0 aliphatic rings. The number of benzene rings is 8. The first-order chi connectivity index (χ1) is 25.3. The predicted molar refractivity (Wildman–Crippen MR) is 213 cm³/mol. The molecule has 8 aromatic carbocycles. The van der Waals surface area contributed by atoms with Crippen molar-refractivity contribution in [2.24, 2.45) is 0 Å². The van der Waals surface area contributed by atoms with Gasteiger partial charge < -0.3 is 4.57 Å². The first-order valence-electron chi connectivity index (χ1n) is 17.3. The minimum absolute atomic E-state index is 0.715. The van der Waals surface area contributed by atoms with Gasteiger partial charge in [0.05, 0.1) is 22.4 Å². The molecule has 2 aromatic heterocycles. The van der Waals surface area contributed by atoms with Crippen LogP contribution in [0.5, 0.6) is 0 Å². The summed E-state index contributed by atoms with van der Waals surface area (Å²) >= 11 is 0. The van der Waals surface area contributed by atoms with Crippen molar-refractivity contribution in [3.05, 3.63) is 188 Å². The van der Waals surface area contributed by atoms with Crippen LogP contribution in [-0.4, -0.2) is 14.5 Å². The van der Waals surface area contributed by atoms with Crippen LogP contribution in [-0.2, 0) is 0 Å². The summed E-state index contributed by atoms with van der Waals surface area (Å²) in [4.78, 5) is 10.4. The van der Waals surface area contributed by atoms with E-state index in [2.05, 4.69) is 180 Å². The van der Waals surface area contributed by atoms with E-state index in [1.165, 1.54) is 43.7 Å². The highest BCUT2D eigenvalue weighted by Gasteiger charge is 2.18. The Hall–Kier alpha value is -6.84. The van der Waals surface area contributed by atoms with Gasteiger partial charge in [0.15, 0.2) is 5.82 Å². The minimum atomic E-state index is 0.715. The van der Waals surface area contributed by atoms with Crippen LogP contribution in [0.4, 0.5) is 0 Å². The molecule has 0 saturated heterocycles. The highest BCUT2D eigenvalue weighted by atomic mass is 15.0. The SMILES string of the molecule is c1ccc(-c2cc(-c3ccccc3)nc(-c3cc4cccc(-c5ccc6c7ccccc7n(-c7ccccc7)c6c5)c4c4ccccc34)n2)cc1. The maximum Gasteiger partial charge on any atom is 0.161 e. The van der Waals surface area contributed by atoms with Crippen molar-refractivity contribution >= 4 is 43.4 Å². The second-order valence-electron chi connectivity index (χ2n) is 13.0. The van der Waals surface area contributed by atoms with Crippen molar-refractivity contribution in [1.82, 2.24) is 14.5 Å². The zero-order valence-electron chi connectivity index (χ0n) is 27.7. The molecule has 2 heterocycles. The molecule has 3 nitrogen and oxygen atoms in total. The Balaban J connectivity index is 1.21. The molecule has 0 aliphatic carbocycles. The maximum atomic E-state index is 5.22. The topological polar surface area (TPSA) is 30.7 Å². The van der Waals surface area contributed by atoms with E-state index in [0.29, 0.717) is 5.82 Å². The molecule has 0 radical (unpaired) electrons. The smallest absolute Gasteiger partial charge is 0.161 e. The molecule has 3 heteroatoms. The van der Waals surface area contributed by atoms with Gasteiger partial charge in [-0.25, -0.2) is 9.97 Å². The lowest BCUT2D eigenvalue weighted by Gasteiger charge is -2.15. The van der Waals surface area contributed by atoms with Crippen molar-refractivity contribution in [2.75, 3.05) is 0 Å². The van der Waals surface area contributed by atoms with Gasteiger partial charge in [-0.1, -0.05) is 152 Å². The van der Waals surface area contributed by atoms with E-state index in [1.54, 1.807) is 0 Å². The monoisotopic (exact) mass is 649 g/mol. The van der Waals surface area contributed by atoms with Crippen LogP contribution in [0.2, 0.25) is 0 Å². The molecule has 0 spiro atoms. The molecule has 0 unspecified atom stereocenters. The third kappa shape index (κ3) is 4.90. The fourth-order valence-corrected chi connectivity index (χ4v) is 7.66. The number of aromatic nitrogens is 3. The van der Waals surface area contributed by atoms with Gasteiger partial charge in [0.1, 0.15) is 0 Å². The van der Waals surface area contributed by atoms with E-state index >= 15 is 0 Å². The molecule has 0 atom stereocenters. The third-order valence-corrected chi connectivity index (χ3v) is 9.99. The predicted octanol–water partition coefficient (Wildman–Crippen LogP) is 12.5. The summed E-state index contributed by atoms with van der Waals surface area (Å²) in [6, 6.07) is 66.7. The summed E-state index contributed by atoms with van der Waals surface area (Å²) in [5.41, 5.74) is 10.9. The Bertz CT molecular complexity index is 2830. The highest BCUT2D eigenvalue weighted by molar-refractivity contribution is 6.19. The number of para-hydroxylation sites is 2. The Kier molecular flexibility index (Phi) is 6.81. The van der Waals surface area contributed by atoms with Crippen LogP contribution < -0.4 is 0 Å². The van der Waals surface area contributed by atoms with E-state index < -0.39 is 0 Å². The largest absolute Gasteiger partial charge is 0.309 e. The van der Waals surface area contributed by atoms with E-state index in [4.69, 9.17) is 9.97 Å². The Morgan fingerprint density at radius 2 is 0.941 bits per heavy atom. The molecule has 0 saturated carbocycles. The molecule has 51 heavy (non-hydrogen) atoms. The van der Waals surface area contributed by atoms with Crippen LogP contribution >= 0.6 is 0 Å². The Morgan fingerprint density at radius 3 is 1.65 bits per heavy atom. The molecule has 0 bridgehead atoms. The first-order valence-corrected chi connectivity index (χ1v) is 17.3. The summed E-state index contributed by atoms with van der Waals surface area (Å²) in [7, 11) is 0. The quantitative estimate of drug-likeness (QED) is 0.174. The van der Waals surface area contributed by atoms with E-state index in [1.807, 2.05) is 12.1 Å². The molecular weight excluding hydrogens is 619 g/mol. The summed E-state index contributed by atoms with van der Waals surface area (Å²) in [6.45, 7) is 0. The summed E-state index contributed by atoms with van der Waals surface area (Å²) in [6.07, 6.45) is 0. The molecule has 0 amide bonds. The molecular formula is C48H31N3. The van der Waals surface area contributed by atoms with Crippen LogP contribution in [0.1, 0.15) is 0 Å². The highest BCUT2D eigenvalue weighted by Crippen LogP contribution is 2.41. The van der Waals surface area contributed by atoms with Gasteiger partial charge in [0.25, 0.3) is 0 Å². The normalized spacial score (nSPS) is 11.5. The number of hydrogen-bond acceptors (Lipinski definition) is 2. The maximum absolute atomic E-state index is 5.22. The number of hydrogen-bond donors (Lipinski definition) is 0. The van der Waals surface area contributed by atoms with Crippen LogP contribution in [0.15, 0.2) is 188 Å². The summed E-state index contributed by atoms with van der Waals surface area (Å²) < 4.78 is 2.39. The fraction of sp³-hybridized carbons (Fsp3) is 0. The van der Waals surface area contributed by atoms with E-state index in [0.717, 1.165) is 44.5 Å². The van der Waals surface area contributed by atoms with Crippen LogP contribution in [0.3, 0.4) is 0 Å². The lowest BCUT2D eigenvalue weighted by molar-refractivity contribution is 1.18. The van der Waals surface area contributed by atoms with E-state index in [9.17, 15) is 0 Å². The molecule has 0 aliphatic heterocycles. The number of nitrogens with zero attached hydrogens (tertiary/aromatic N) is 3. The summed E-state index contributed by atoms with van der Waals surface area (Å²) in [5, 5.41) is 7.18. The van der Waals surface area contributed by atoms with Gasteiger partial charge in [0.2, 0.25) is 0 Å². The van der Waals surface area contributed by atoms with Crippen LogP contribution in [0.25, 0.3) is 94.1 Å². The zero-order valence-corrected chi connectivity index (χ0v) is 27.7. The molecule has 0 N–H and O–H groups in total. The second-order valence-corrected chi connectivity index (χ2v) is 13.0. The fourth-order valence-electron chi connectivity index (χ4n) is 7.66. The lowest BCUT2D eigenvalue weighted by Crippen LogP contribution is -1.97. The van der Waals surface area contributed by atoms with Gasteiger partial charge in [-0.05, 0) is 69.1 Å². The first kappa shape index (κ1) is 29.1. The lowest BCUT2D eigenvalue weighted by atomic mass is 9.90. The van der Waals surface area contributed by atoms with Crippen LogP contribution in [0, 0.1) is 0 Å². The van der Waals surface area contributed by atoms with Gasteiger partial charge >= 0.3 is 0 Å². The Labute approximate surface area is 295 Å². The Morgan fingerprint density at radius 1 is 0.353 bits per heavy atom. The van der Waals surface area contributed by atoms with Gasteiger partial charge in [-0.2, -0.15) is 0 Å². The van der Waals surface area contributed by atoms with Crippen molar-refractivity contribution in [3.63, 3.8) is 0 Å². The molecule has 238 valence electrons. The molecule has 10 aromatic rings. The van der Waals surface area contributed by atoms with Crippen molar-refractivity contribution in [1.29, 1.82) is 0 Å². The standard InChI is InChI=1S/C48H31N3/c1-4-15-32(16-5-1)43-31-44(33-17-6-2-7-18-33)50-48(49-43)42-29-35-19-14-25-37(47(35)41-24-11-10-22-38(41)42)34-27-28-40-39-23-12-13-26-45(39)51(46(40)30-34)36-20-8-3-9-21-36/h1-31H. The zero-order chi connectivity index (χ0) is 33.7. The third-order valence-electron chi connectivity index (χ3n) is 9.99. The van der Waals surface area contributed by atoms with Crippen molar-refractivity contribution in [2.45, 2.75) is 0 Å². The van der Waals surface area contributed by atoms with E-state index in [-0.39, 0.29) is 0 Å². The van der Waals surface area contributed by atoms with Gasteiger partial charge in [-0.3, -0.25) is 0 Å².